The molecule has 0 aromatic heterocycles. The summed E-state index contributed by atoms with van der Waals surface area (Å²) in [6, 6.07) is 0. The third-order valence-electron chi connectivity index (χ3n) is 3.04. The Balaban J connectivity index is 2.50. The van der Waals surface area contributed by atoms with Crippen LogP contribution < -0.4 is 11.3 Å². The van der Waals surface area contributed by atoms with Crippen molar-refractivity contribution in [2.45, 2.75) is 32.6 Å². The van der Waals surface area contributed by atoms with Gasteiger partial charge in [-0.05, 0) is 25.2 Å². The van der Waals surface area contributed by atoms with Crippen molar-refractivity contribution < 1.29 is 9.59 Å². The van der Waals surface area contributed by atoms with E-state index in [1.54, 1.807) is 4.90 Å². The summed E-state index contributed by atoms with van der Waals surface area (Å²) in [7, 11) is 0. The van der Waals surface area contributed by atoms with Gasteiger partial charge in [0.15, 0.2) is 0 Å². The maximum atomic E-state index is 11.5. The Morgan fingerprint density at radius 3 is 2.73 bits per heavy atom. The third kappa shape index (κ3) is 3.20. The summed E-state index contributed by atoms with van der Waals surface area (Å²) in [4.78, 5) is 24.2. The molecule has 0 saturated carbocycles. The van der Waals surface area contributed by atoms with Crippen LogP contribution in [0.2, 0.25) is 0 Å². The van der Waals surface area contributed by atoms with Crippen molar-refractivity contribution in [1.29, 1.82) is 0 Å². The van der Waals surface area contributed by atoms with Crippen LogP contribution in [0.1, 0.15) is 32.6 Å². The van der Waals surface area contributed by atoms with Crippen molar-refractivity contribution in [1.82, 2.24) is 10.3 Å². The van der Waals surface area contributed by atoms with E-state index in [2.05, 4.69) is 6.92 Å². The molecule has 86 valence electrons. The average Bonchev–Trinajstić information content (AvgIpc) is 2.51. The summed E-state index contributed by atoms with van der Waals surface area (Å²) < 4.78 is 0. The first-order valence-corrected chi connectivity index (χ1v) is 5.48. The minimum atomic E-state index is -0.718. The smallest absolute Gasteiger partial charge is 0.323 e. The van der Waals surface area contributed by atoms with Crippen LogP contribution in [-0.2, 0) is 9.59 Å². The first-order valence-electron chi connectivity index (χ1n) is 5.48. The fourth-order valence-corrected chi connectivity index (χ4v) is 1.98. The number of rotatable bonds is 1. The van der Waals surface area contributed by atoms with Crippen LogP contribution >= 0.6 is 0 Å². The molecule has 0 spiro atoms. The molecular weight excluding hydrogens is 194 g/mol. The first-order chi connectivity index (χ1) is 7.19. The number of amides is 2. The summed E-state index contributed by atoms with van der Waals surface area (Å²) in [5.74, 6) is 4.39. The lowest BCUT2D eigenvalue weighted by Gasteiger charge is -2.19. The molecule has 5 heteroatoms. The summed E-state index contributed by atoms with van der Waals surface area (Å²) >= 11 is 0. The van der Waals surface area contributed by atoms with E-state index in [9.17, 15) is 9.59 Å². The van der Waals surface area contributed by atoms with Gasteiger partial charge in [0.25, 0.3) is 0 Å². The Morgan fingerprint density at radius 1 is 1.40 bits per heavy atom. The Morgan fingerprint density at radius 2 is 2.13 bits per heavy atom. The number of hydrogen-bond acceptors (Lipinski definition) is 3. The molecule has 3 N–H and O–H groups in total. The van der Waals surface area contributed by atoms with Crippen LogP contribution in [0.15, 0.2) is 0 Å². The van der Waals surface area contributed by atoms with Gasteiger partial charge in [0, 0.05) is 13.1 Å². The Bertz CT molecular complexity index is 243. The van der Waals surface area contributed by atoms with Crippen molar-refractivity contribution >= 4 is 11.8 Å². The quantitative estimate of drug-likeness (QED) is 0.279. The molecule has 0 bridgehead atoms. The van der Waals surface area contributed by atoms with Crippen molar-refractivity contribution in [3.8, 4) is 0 Å². The van der Waals surface area contributed by atoms with Crippen molar-refractivity contribution in [2.24, 2.45) is 11.8 Å². The molecule has 0 radical (unpaired) electrons. The van der Waals surface area contributed by atoms with Crippen LogP contribution in [0.3, 0.4) is 0 Å². The number of carbonyl (C=O) groups is 2. The van der Waals surface area contributed by atoms with E-state index in [0.29, 0.717) is 19.0 Å². The van der Waals surface area contributed by atoms with Crippen molar-refractivity contribution in [3.63, 3.8) is 0 Å². The SMILES string of the molecule is CCC1CCCN(C(=O)C(=O)NN)CC1. The molecule has 0 aromatic rings. The van der Waals surface area contributed by atoms with Gasteiger partial charge in [0.05, 0.1) is 0 Å². The van der Waals surface area contributed by atoms with Crippen LogP contribution in [0, 0.1) is 5.92 Å². The number of hydrogen-bond donors (Lipinski definition) is 2. The molecule has 2 amide bonds. The van der Waals surface area contributed by atoms with Crippen molar-refractivity contribution in [3.05, 3.63) is 0 Å². The molecule has 1 saturated heterocycles. The average molecular weight is 213 g/mol. The molecule has 1 aliphatic rings. The summed E-state index contributed by atoms with van der Waals surface area (Å²) in [5.41, 5.74) is 1.88. The van der Waals surface area contributed by atoms with Gasteiger partial charge in [-0.1, -0.05) is 13.3 Å². The lowest BCUT2D eigenvalue weighted by molar-refractivity contribution is -0.145. The van der Waals surface area contributed by atoms with Gasteiger partial charge in [0.2, 0.25) is 0 Å². The highest BCUT2D eigenvalue weighted by Gasteiger charge is 2.23. The Labute approximate surface area is 90.0 Å². The highest BCUT2D eigenvalue weighted by molar-refractivity contribution is 6.34. The second-order valence-electron chi connectivity index (χ2n) is 3.97. The monoisotopic (exact) mass is 213 g/mol. The maximum absolute atomic E-state index is 11.5. The fraction of sp³-hybridized carbons (Fsp3) is 0.800. The van der Waals surface area contributed by atoms with E-state index in [4.69, 9.17) is 5.84 Å². The number of carbonyl (C=O) groups excluding carboxylic acids is 2. The predicted molar refractivity (Wildman–Crippen MR) is 56.5 cm³/mol. The van der Waals surface area contributed by atoms with Gasteiger partial charge >= 0.3 is 11.8 Å². The molecule has 1 unspecified atom stereocenters. The van der Waals surface area contributed by atoms with Crippen molar-refractivity contribution in [2.75, 3.05) is 13.1 Å². The fourth-order valence-electron chi connectivity index (χ4n) is 1.98. The van der Waals surface area contributed by atoms with Gasteiger partial charge < -0.3 is 4.90 Å². The second-order valence-corrected chi connectivity index (χ2v) is 3.97. The molecule has 1 atom stereocenters. The van der Waals surface area contributed by atoms with E-state index in [1.807, 2.05) is 5.43 Å². The standard InChI is InChI=1S/C10H19N3O2/c1-2-8-4-3-6-13(7-5-8)10(15)9(14)12-11/h8H,2-7,11H2,1H3,(H,12,14). The number of hydrazine groups is 1. The van der Waals surface area contributed by atoms with Gasteiger partial charge in [-0.25, -0.2) is 5.84 Å². The highest BCUT2D eigenvalue weighted by atomic mass is 16.2. The minimum absolute atomic E-state index is 0.505. The molecule has 0 aromatic carbocycles. The van der Waals surface area contributed by atoms with Crippen LogP contribution in [0.4, 0.5) is 0 Å². The van der Waals surface area contributed by atoms with E-state index in [1.165, 1.54) is 0 Å². The van der Waals surface area contributed by atoms with Crippen LogP contribution in [-0.4, -0.2) is 29.8 Å². The number of likely N-dealkylation sites (tertiary alicyclic amines) is 1. The number of nitrogens with zero attached hydrogens (tertiary/aromatic N) is 1. The molecule has 1 heterocycles. The summed E-state index contributed by atoms with van der Waals surface area (Å²) in [6.07, 6.45) is 4.25. The second kappa shape index (κ2) is 5.70. The lowest BCUT2D eigenvalue weighted by Crippen LogP contribution is -2.45. The van der Waals surface area contributed by atoms with Gasteiger partial charge in [-0.15, -0.1) is 0 Å². The van der Waals surface area contributed by atoms with Gasteiger partial charge in [-0.2, -0.15) is 0 Å². The molecule has 0 aliphatic carbocycles. The first kappa shape index (κ1) is 12.0. The molecule has 1 fully saturated rings. The summed E-state index contributed by atoms with van der Waals surface area (Å²) in [6.45, 7) is 3.50. The van der Waals surface area contributed by atoms with E-state index >= 15 is 0 Å². The van der Waals surface area contributed by atoms with Crippen LogP contribution in [0.5, 0.6) is 0 Å². The van der Waals surface area contributed by atoms with Gasteiger partial charge in [-0.3, -0.25) is 15.0 Å². The van der Waals surface area contributed by atoms with Gasteiger partial charge in [0.1, 0.15) is 0 Å². The topological polar surface area (TPSA) is 75.4 Å². The Hall–Kier alpha value is -1.10. The van der Waals surface area contributed by atoms with E-state index in [-0.39, 0.29) is 0 Å². The molecular formula is C10H19N3O2. The normalized spacial score (nSPS) is 22.0. The minimum Gasteiger partial charge on any atom is -0.334 e. The highest BCUT2D eigenvalue weighted by Crippen LogP contribution is 2.20. The Kier molecular flexibility index (Phi) is 4.55. The number of nitrogens with two attached hydrogens (primary N) is 1. The lowest BCUT2D eigenvalue weighted by atomic mass is 9.98. The third-order valence-corrected chi connectivity index (χ3v) is 3.04. The molecule has 1 aliphatic heterocycles. The predicted octanol–water partition coefficient (Wildman–Crippen LogP) is 0.0150. The van der Waals surface area contributed by atoms with E-state index in [0.717, 1.165) is 25.7 Å². The number of nitrogens with one attached hydrogen (secondary N) is 1. The molecule has 5 nitrogen and oxygen atoms in total. The summed E-state index contributed by atoms with van der Waals surface area (Å²) in [5, 5.41) is 0. The largest absolute Gasteiger partial charge is 0.334 e. The van der Waals surface area contributed by atoms with Crippen LogP contribution in [0.25, 0.3) is 0 Å². The zero-order valence-corrected chi connectivity index (χ0v) is 9.16. The molecule has 1 rings (SSSR count). The zero-order chi connectivity index (χ0) is 11.3. The zero-order valence-electron chi connectivity index (χ0n) is 9.16. The molecule has 15 heavy (non-hydrogen) atoms. The maximum Gasteiger partial charge on any atom is 0.323 e. The van der Waals surface area contributed by atoms with E-state index < -0.39 is 11.8 Å².